The van der Waals surface area contributed by atoms with Crippen LogP contribution in [0, 0.1) is 5.92 Å². The molecule has 2 nitrogen and oxygen atoms in total. The van der Waals surface area contributed by atoms with Gasteiger partial charge in [0.2, 0.25) is 0 Å². The number of rotatable bonds is 3. The van der Waals surface area contributed by atoms with Crippen LogP contribution >= 0.6 is 0 Å². The van der Waals surface area contributed by atoms with E-state index < -0.39 is 6.17 Å². The molecule has 3 heteroatoms. The zero-order valence-electron chi connectivity index (χ0n) is 9.54. The molecule has 0 aliphatic carbocycles. The van der Waals surface area contributed by atoms with Gasteiger partial charge in [0, 0.05) is 5.56 Å². The Morgan fingerprint density at radius 3 is 3.00 bits per heavy atom. The molecule has 0 spiro atoms. The van der Waals surface area contributed by atoms with E-state index in [0.29, 0.717) is 11.5 Å². The Labute approximate surface area is 95.5 Å². The second kappa shape index (κ2) is 4.83. The van der Waals surface area contributed by atoms with E-state index in [1.54, 1.807) is 12.1 Å². The van der Waals surface area contributed by atoms with E-state index in [0.717, 1.165) is 25.1 Å². The molecule has 1 fully saturated rings. The molecule has 1 saturated heterocycles. The van der Waals surface area contributed by atoms with Crippen LogP contribution in [0.2, 0.25) is 0 Å². The second-order valence-corrected chi connectivity index (χ2v) is 4.57. The molecule has 1 aromatic carbocycles. The van der Waals surface area contributed by atoms with Crippen molar-refractivity contribution in [2.75, 3.05) is 13.1 Å². The molecule has 0 amide bonds. The number of aromatic hydroxyl groups is 1. The fourth-order valence-corrected chi connectivity index (χ4v) is 2.27. The molecule has 2 atom stereocenters. The first-order chi connectivity index (χ1) is 7.66. The van der Waals surface area contributed by atoms with Crippen molar-refractivity contribution in [3.63, 3.8) is 0 Å². The van der Waals surface area contributed by atoms with Crippen molar-refractivity contribution in [2.24, 2.45) is 5.92 Å². The van der Waals surface area contributed by atoms with Crippen LogP contribution in [-0.4, -0.2) is 18.2 Å². The maximum absolute atomic E-state index is 13.2. The van der Waals surface area contributed by atoms with Crippen molar-refractivity contribution in [1.82, 2.24) is 5.32 Å². The van der Waals surface area contributed by atoms with Gasteiger partial charge >= 0.3 is 0 Å². The van der Waals surface area contributed by atoms with Gasteiger partial charge < -0.3 is 10.4 Å². The lowest BCUT2D eigenvalue weighted by Gasteiger charge is -2.11. The molecule has 1 heterocycles. The number of benzene rings is 1. The first-order valence-corrected chi connectivity index (χ1v) is 5.83. The maximum Gasteiger partial charge on any atom is 0.126 e. The summed E-state index contributed by atoms with van der Waals surface area (Å²) in [6, 6.07) is 5.28. The van der Waals surface area contributed by atoms with E-state index in [1.165, 1.54) is 13.3 Å². The van der Waals surface area contributed by atoms with Crippen molar-refractivity contribution < 1.29 is 9.50 Å². The predicted octanol–water partition coefficient (Wildman–Crippen LogP) is 2.57. The minimum Gasteiger partial charge on any atom is -0.508 e. The summed E-state index contributed by atoms with van der Waals surface area (Å²) in [5, 5.41) is 12.8. The number of halogens is 1. The van der Waals surface area contributed by atoms with E-state index in [2.05, 4.69) is 5.32 Å². The Balaban J connectivity index is 2.12. The average Bonchev–Trinajstić information content (AvgIpc) is 2.73. The lowest BCUT2D eigenvalue weighted by atomic mass is 9.96. The highest BCUT2D eigenvalue weighted by atomic mass is 19.1. The van der Waals surface area contributed by atoms with E-state index in [4.69, 9.17) is 0 Å². The van der Waals surface area contributed by atoms with Crippen LogP contribution in [0.15, 0.2) is 18.2 Å². The molecule has 0 radical (unpaired) electrons. The van der Waals surface area contributed by atoms with Crippen LogP contribution in [-0.2, 0) is 6.42 Å². The number of hydrogen-bond donors (Lipinski definition) is 2. The number of nitrogens with one attached hydrogen (secondary N) is 1. The van der Waals surface area contributed by atoms with Gasteiger partial charge in [-0.15, -0.1) is 0 Å². The van der Waals surface area contributed by atoms with Gasteiger partial charge in [0.1, 0.15) is 11.9 Å². The van der Waals surface area contributed by atoms with Gasteiger partial charge in [0.25, 0.3) is 0 Å². The zero-order valence-corrected chi connectivity index (χ0v) is 9.54. The predicted molar refractivity (Wildman–Crippen MR) is 62.3 cm³/mol. The molecule has 0 saturated carbocycles. The highest BCUT2D eigenvalue weighted by molar-refractivity contribution is 5.37. The van der Waals surface area contributed by atoms with Gasteiger partial charge in [0.15, 0.2) is 0 Å². The molecule has 0 bridgehead atoms. The summed E-state index contributed by atoms with van der Waals surface area (Å²) < 4.78 is 13.2. The third kappa shape index (κ3) is 2.53. The van der Waals surface area contributed by atoms with Crippen LogP contribution < -0.4 is 5.32 Å². The Morgan fingerprint density at radius 1 is 1.56 bits per heavy atom. The maximum atomic E-state index is 13.2. The lowest BCUT2D eigenvalue weighted by Crippen LogP contribution is -2.10. The molecule has 1 aromatic rings. The molecule has 2 unspecified atom stereocenters. The summed E-state index contributed by atoms with van der Waals surface area (Å²) in [6.07, 6.45) is 1.04. The standard InChI is InChI=1S/C13H18FNO/c1-9(14)12-7-10(2-3-13(12)16)6-11-4-5-15-8-11/h2-3,7,9,11,15-16H,4-6,8H2,1H3. The summed E-state index contributed by atoms with van der Waals surface area (Å²) in [6.45, 7) is 3.58. The SMILES string of the molecule is CC(F)c1cc(CC2CCNC2)ccc1O. The molecule has 1 aliphatic heterocycles. The highest BCUT2D eigenvalue weighted by Crippen LogP contribution is 2.28. The zero-order chi connectivity index (χ0) is 11.5. The van der Waals surface area contributed by atoms with Crippen molar-refractivity contribution in [2.45, 2.75) is 25.9 Å². The quantitative estimate of drug-likeness (QED) is 0.825. The fraction of sp³-hybridized carbons (Fsp3) is 0.538. The van der Waals surface area contributed by atoms with E-state index in [9.17, 15) is 9.50 Å². The van der Waals surface area contributed by atoms with Crippen molar-refractivity contribution >= 4 is 0 Å². The van der Waals surface area contributed by atoms with Crippen molar-refractivity contribution in [3.8, 4) is 5.75 Å². The Hall–Kier alpha value is -1.09. The summed E-state index contributed by atoms with van der Waals surface area (Å²) >= 11 is 0. The monoisotopic (exact) mass is 223 g/mol. The van der Waals surface area contributed by atoms with Gasteiger partial charge in [-0.3, -0.25) is 0 Å². The molecule has 1 aliphatic rings. The van der Waals surface area contributed by atoms with Gasteiger partial charge in [0.05, 0.1) is 0 Å². The fourth-order valence-electron chi connectivity index (χ4n) is 2.27. The van der Waals surface area contributed by atoms with Gasteiger partial charge in [-0.25, -0.2) is 4.39 Å². The van der Waals surface area contributed by atoms with Crippen molar-refractivity contribution in [3.05, 3.63) is 29.3 Å². The van der Waals surface area contributed by atoms with E-state index in [-0.39, 0.29) is 5.75 Å². The van der Waals surface area contributed by atoms with Crippen LogP contribution in [0.5, 0.6) is 5.75 Å². The Kier molecular flexibility index (Phi) is 3.44. The topological polar surface area (TPSA) is 32.3 Å². The van der Waals surface area contributed by atoms with Gasteiger partial charge in [-0.2, -0.15) is 0 Å². The Morgan fingerprint density at radius 2 is 2.38 bits per heavy atom. The molecule has 16 heavy (non-hydrogen) atoms. The molecule has 2 N–H and O–H groups in total. The number of phenols is 1. The first kappa shape index (κ1) is 11.4. The highest BCUT2D eigenvalue weighted by Gasteiger charge is 2.16. The molecule has 0 aromatic heterocycles. The number of hydrogen-bond acceptors (Lipinski definition) is 2. The summed E-state index contributed by atoms with van der Waals surface area (Å²) in [7, 11) is 0. The van der Waals surface area contributed by atoms with Crippen LogP contribution in [0.25, 0.3) is 0 Å². The van der Waals surface area contributed by atoms with Crippen molar-refractivity contribution in [1.29, 1.82) is 0 Å². The molecular formula is C13H18FNO. The third-order valence-electron chi connectivity index (χ3n) is 3.21. The van der Waals surface area contributed by atoms with E-state index >= 15 is 0 Å². The van der Waals surface area contributed by atoms with E-state index in [1.807, 2.05) is 6.07 Å². The first-order valence-electron chi connectivity index (χ1n) is 5.83. The normalized spacial score (nSPS) is 22.2. The third-order valence-corrected chi connectivity index (χ3v) is 3.21. The number of alkyl halides is 1. The Bertz CT molecular complexity index is 359. The minimum atomic E-state index is -1.11. The number of phenolic OH excluding ortho intramolecular Hbond substituents is 1. The van der Waals surface area contributed by atoms with Crippen LogP contribution in [0.3, 0.4) is 0 Å². The summed E-state index contributed by atoms with van der Waals surface area (Å²) in [5.74, 6) is 0.704. The largest absolute Gasteiger partial charge is 0.508 e. The average molecular weight is 223 g/mol. The molecule has 2 rings (SSSR count). The van der Waals surface area contributed by atoms with Gasteiger partial charge in [-0.1, -0.05) is 6.07 Å². The lowest BCUT2D eigenvalue weighted by molar-refractivity contribution is 0.356. The molecule has 88 valence electrons. The van der Waals surface area contributed by atoms with Crippen LogP contribution in [0.1, 0.15) is 30.6 Å². The minimum absolute atomic E-state index is 0.0586. The smallest absolute Gasteiger partial charge is 0.126 e. The second-order valence-electron chi connectivity index (χ2n) is 4.57. The summed E-state index contributed by atoms with van der Waals surface area (Å²) in [4.78, 5) is 0. The van der Waals surface area contributed by atoms with Crippen LogP contribution in [0.4, 0.5) is 4.39 Å². The van der Waals surface area contributed by atoms with Gasteiger partial charge in [-0.05, 0) is 56.5 Å². The summed E-state index contributed by atoms with van der Waals surface area (Å²) in [5.41, 5.74) is 1.52. The molecular weight excluding hydrogens is 205 g/mol.